The van der Waals surface area contributed by atoms with Crippen LogP contribution in [0.2, 0.25) is 0 Å². The number of hydrogen-bond donors (Lipinski definition) is 1. The van der Waals surface area contributed by atoms with Crippen LogP contribution in [0.4, 0.5) is 10.1 Å². The minimum Gasteiger partial charge on any atom is -0.492 e. The molecule has 4 rings (SSSR count). The van der Waals surface area contributed by atoms with Crippen LogP contribution in [0.3, 0.4) is 0 Å². The second-order valence-electron chi connectivity index (χ2n) is 8.56. The predicted molar refractivity (Wildman–Crippen MR) is 140 cm³/mol. The third-order valence-corrected chi connectivity index (χ3v) is 9.65. The summed E-state index contributed by atoms with van der Waals surface area (Å²) in [5, 5.41) is 2.57. The van der Waals surface area contributed by atoms with E-state index in [4.69, 9.17) is 4.74 Å². The molecule has 1 aliphatic rings. The highest BCUT2D eigenvalue weighted by atomic mass is 32.2. The summed E-state index contributed by atoms with van der Waals surface area (Å²) in [6, 6.07) is 18.8. The Labute approximate surface area is 221 Å². The van der Waals surface area contributed by atoms with Gasteiger partial charge in [-0.1, -0.05) is 30.3 Å². The Kier molecular flexibility index (Phi) is 8.65. The van der Waals surface area contributed by atoms with E-state index in [1.807, 2.05) is 0 Å². The van der Waals surface area contributed by atoms with Gasteiger partial charge in [0, 0.05) is 13.1 Å². The summed E-state index contributed by atoms with van der Waals surface area (Å²) in [7, 11) is -7.74. The predicted octanol–water partition coefficient (Wildman–Crippen LogP) is 3.00. The molecule has 12 heteroatoms. The zero-order valence-corrected chi connectivity index (χ0v) is 22.1. The van der Waals surface area contributed by atoms with Crippen molar-refractivity contribution in [2.45, 2.75) is 22.6 Å². The van der Waals surface area contributed by atoms with Gasteiger partial charge in [0.2, 0.25) is 15.9 Å². The van der Waals surface area contributed by atoms with E-state index in [1.165, 1.54) is 71.0 Å². The molecule has 0 aromatic heterocycles. The molecule has 38 heavy (non-hydrogen) atoms. The van der Waals surface area contributed by atoms with Gasteiger partial charge < -0.3 is 10.1 Å². The molecular formula is C26H28FN3O6S2. The third kappa shape index (κ3) is 6.32. The molecule has 0 aliphatic carbocycles. The lowest BCUT2D eigenvalue weighted by atomic mass is 10.3. The first-order valence-corrected chi connectivity index (χ1v) is 14.9. The topological polar surface area (TPSA) is 113 Å². The molecule has 0 saturated carbocycles. The lowest BCUT2D eigenvalue weighted by Crippen LogP contribution is -2.42. The van der Waals surface area contributed by atoms with Crippen LogP contribution in [0.5, 0.6) is 5.75 Å². The lowest BCUT2D eigenvalue weighted by Gasteiger charge is -2.24. The number of nitrogens with one attached hydrogen (secondary N) is 1. The van der Waals surface area contributed by atoms with E-state index in [-0.39, 0.29) is 28.6 Å². The summed E-state index contributed by atoms with van der Waals surface area (Å²) in [6.45, 7) is 0.488. The van der Waals surface area contributed by atoms with Crippen molar-refractivity contribution in [3.05, 3.63) is 84.7 Å². The fourth-order valence-electron chi connectivity index (χ4n) is 4.00. The number of ether oxygens (including phenoxy) is 1. The number of carbonyl (C=O) groups is 1. The summed E-state index contributed by atoms with van der Waals surface area (Å²) < 4.78 is 74.0. The van der Waals surface area contributed by atoms with Gasteiger partial charge in [-0.25, -0.2) is 21.2 Å². The molecule has 1 aliphatic heterocycles. The van der Waals surface area contributed by atoms with Crippen LogP contribution in [0.1, 0.15) is 12.8 Å². The van der Waals surface area contributed by atoms with E-state index in [0.29, 0.717) is 18.8 Å². The van der Waals surface area contributed by atoms with Gasteiger partial charge in [0.15, 0.2) is 0 Å². The minimum absolute atomic E-state index is 0.0448. The van der Waals surface area contributed by atoms with Gasteiger partial charge >= 0.3 is 0 Å². The fraction of sp³-hybridized carbons (Fsp3) is 0.269. The molecule has 3 aromatic carbocycles. The minimum atomic E-state index is -4.22. The SMILES string of the molecule is O=C(CN(c1ccccc1F)S(=O)(=O)c1ccccc1)NCCOc1ccc(S(=O)(=O)N2CCCC2)cc1. The molecule has 1 heterocycles. The number of anilines is 1. The van der Waals surface area contributed by atoms with E-state index in [0.717, 1.165) is 23.2 Å². The van der Waals surface area contributed by atoms with E-state index in [1.54, 1.807) is 6.07 Å². The number of amides is 1. The van der Waals surface area contributed by atoms with Crippen molar-refractivity contribution in [2.24, 2.45) is 0 Å². The molecule has 0 spiro atoms. The van der Waals surface area contributed by atoms with Gasteiger partial charge in [0.1, 0.15) is 24.7 Å². The number of para-hydroxylation sites is 1. The van der Waals surface area contributed by atoms with Crippen LogP contribution in [0, 0.1) is 5.82 Å². The Morgan fingerprint density at radius 3 is 2.16 bits per heavy atom. The van der Waals surface area contributed by atoms with E-state index >= 15 is 0 Å². The molecule has 1 N–H and O–H groups in total. The van der Waals surface area contributed by atoms with Crippen LogP contribution >= 0.6 is 0 Å². The van der Waals surface area contributed by atoms with Crippen molar-refractivity contribution in [3.8, 4) is 5.75 Å². The van der Waals surface area contributed by atoms with E-state index < -0.39 is 38.3 Å². The van der Waals surface area contributed by atoms with Gasteiger partial charge in [0.25, 0.3) is 10.0 Å². The first-order chi connectivity index (χ1) is 18.2. The number of rotatable bonds is 11. The molecule has 1 fully saturated rings. The molecule has 0 bridgehead atoms. The van der Waals surface area contributed by atoms with Gasteiger partial charge in [-0.2, -0.15) is 4.31 Å². The normalized spacial score (nSPS) is 14.2. The highest BCUT2D eigenvalue weighted by Gasteiger charge is 2.29. The molecule has 0 radical (unpaired) electrons. The van der Waals surface area contributed by atoms with Crippen molar-refractivity contribution in [1.29, 1.82) is 0 Å². The number of nitrogens with zero attached hydrogens (tertiary/aromatic N) is 2. The Morgan fingerprint density at radius 2 is 1.50 bits per heavy atom. The second-order valence-corrected chi connectivity index (χ2v) is 12.4. The fourth-order valence-corrected chi connectivity index (χ4v) is 6.97. The first kappa shape index (κ1) is 27.6. The van der Waals surface area contributed by atoms with Gasteiger partial charge in [0.05, 0.1) is 22.0 Å². The van der Waals surface area contributed by atoms with Crippen LogP contribution in [0.25, 0.3) is 0 Å². The zero-order valence-electron chi connectivity index (χ0n) is 20.5. The smallest absolute Gasteiger partial charge is 0.264 e. The van der Waals surface area contributed by atoms with E-state index in [9.17, 15) is 26.0 Å². The Hall–Kier alpha value is -3.48. The van der Waals surface area contributed by atoms with Crippen molar-refractivity contribution in [1.82, 2.24) is 9.62 Å². The molecular weight excluding hydrogens is 533 g/mol. The Balaban J connectivity index is 1.35. The summed E-state index contributed by atoms with van der Waals surface area (Å²) in [4.78, 5) is 12.8. The number of sulfonamides is 2. The van der Waals surface area contributed by atoms with Gasteiger partial charge in [-0.3, -0.25) is 9.10 Å². The number of hydrogen-bond acceptors (Lipinski definition) is 6. The van der Waals surface area contributed by atoms with Crippen molar-refractivity contribution >= 4 is 31.6 Å². The van der Waals surface area contributed by atoms with Gasteiger partial charge in [-0.05, 0) is 61.4 Å². The van der Waals surface area contributed by atoms with Crippen molar-refractivity contribution in [3.63, 3.8) is 0 Å². The molecule has 1 amide bonds. The van der Waals surface area contributed by atoms with Crippen molar-refractivity contribution < 1.29 is 30.8 Å². The molecule has 0 atom stereocenters. The van der Waals surface area contributed by atoms with E-state index in [2.05, 4.69) is 5.32 Å². The zero-order chi connectivity index (χ0) is 27.2. The summed E-state index contributed by atoms with van der Waals surface area (Å²) in [5.74, 6) is -1.01. The quantitative estimate of drug-likeness (QED) is 0.360. The highest BCUT2D eigenvalue weighted by Crippen LogP contribution is 2.26. The van der Waals surface area contributed by atoms with Gasteiger partial charge in [-0.15, -0.1) is 0 Å². The molecule has 3 aromatic rings. The number of halogens is 1. The average Bonchev–Trinajstić information content (AvgIpc) is 3.47. The highest BCUT2D eigenvalue weighted by molar-refractivity contribution is 7.92. The maximum absolute atomic E-state index is 14.5. The largest absolute Gasteiger partial charge is 0.492 e. The maximum atomic E-state index is 14.5. The Bertz CT molecular complexity index is 1460. The second kappa shape index (κ2) is 11.9. The molecule has 202 valence electrons. The van der Waals surface area contributed by atoms with Crippen LogP contribution in [-0.2, 0) is 24.8 Å². The van der Waals surface area contributed by atoms with Crippen LogP contribution < -0.4 is 14.4 Å². The average molecular weight is 562 g/mol. The number of carbonyl (C=O) groups excluding carboxylic acids is 1. The monoisotopic (exact) mass is 561 g/mol. The number of benzene rings is 3. The first-order valence-electron chi connectivity index (χ1n) is 12.0. The summed E-state index contributed by atoms with van der Waals surface area (Å²) >= 11 is 0. The summed E-state index contributed by atoms with van der Waals surface area (Å²) in [6.07, 6.45) is 1.70. The van der Waals surface area contributed by atoms with Crippen LogP contribution in [0.15, 0.2) is 88.7 Å². The van der Waals surface area contributed by atoms with Crippen LogP contribution in [-0.4, -0.2) is 59.8 Å². The molecule has 0 unspecified atom stereocenters. The third-order valence-electron chi connectivity index (χ3n) is 5.96. The standard InChI is InChI=1S/C26H28FN3O6S2/c27-24-10-4-5-11-25(24)30(38(34,35)22-8-2-1-3-9-22)20-26(31)28-16-19-36-21-12-14-23(15-13-21)37(32,33)29-17-6-7-18-29/h1-5,8-15H,6-7,16-20H2,(H,28,31). The molecule has 9 nitrogen and oxygen atoms in total. The lowest BCUT2D eigenvalue weighted by molar-refractivity contribution is -0.119. The molecule has 1 saturated heterocycles. The van der Waals surface area contributed by atoms with Crippen molar-refractivity contribution in [2.75, 3.05) is 37.1 Å². The maximum Gasteiger partial charge on any atom is 0.264 e. The summed E-state index contributed by atoms with van der Waals surface area (Å²) in [5.41, 5.74) is -0.244. The Morgan fingerprint density at radius 1 is 0.868 bits per heavy atom.